The SMILES string of the molecule is Cc1cnc(NC(=O)[C@H](C)Oc2cc(Cl)ccc2Cl)s1. The Morgan fingerprint density at radius 2 is 2.20 bits per heavy atom. The van der Waals surface area contributed by atoms with E-state index >= 15 is 0 Å². The summed E-state index contributed by atoms with van der Waals surface area (Å²) in [5.74, 6) is 0.0764. The van der Waals surface area contributed by atoms with Crippen molar-refractivity contribution in [1.29, 1.82) is 0 Å². The number of hydrogen-bond donors (Lipinski definition) is 1. The number of thiazole rings is 1. The Balaban J connectivity index is 2.02. The van der Waals surface area contributed by atoms with Gasteiger partial charge in [0.2, 0.25) is 0 Å². The molecule has 1 aromatic carbocycles. The molecule has 4 nitrogen and oxygen atoms in total. The molecule has 0 radical (unpaired) electrons. The minimum absolute atomic E-state index is 0.296. The molecular formula is C13H12Cl2N2O2S. The number of carbonyl (C=O) groups excluding carboxylic acids is 1. The van der Waals surface area contributed by atoms with E-state index in [0.29, 0.717) is 20.9 Å². The van der Waals surface area contributed by atoms with E-state index in [9.17, 15) is 4.79 Å². The van der Waals surface area contributed by atoms with Gasteiger partial charge in [0.1, 0.15) is 5.75 Å². The van der Waals surface area contributed by atoms with Crippen molar-refractivity contribution in [1.82, 2.24) is 4.98 Å². The highest BCUT2D eigenvalue weighted by molar-refractivity contribution is 7.15. The number of nitrogens with zero attached hydrogens (tertiary/aromatic N) is 1. The average Bonchev–Trinajstić information content (AvgIpc) is 2.79. The lowest BCUT2D eigenvalue weighted by Gasteiger charge is -2.14. The molecule has 7 heteroatoms. The Hall–Kier alpha value is -1.30. The predicted molar refractivity (Wildman–Crippen MR) is 82.0 cm³/mol. The number of benzene rings is 1. The molecule has 0 saturated carbocycles. The van der Waals surface area contributed by atoms with Crippen molar-refractivity contribution < 1.29 is 9.53 Å². The molecule has 20 heavy (non-hydrogen) atoms. The van der Waals surface area contributed by atoms with Gasteiger partial charge in [-0.05, 0) is 26.0 Å². The minimum atomic E-state index is -0.713. The first-order valence-corrected chi connectivity index (χ1v) is 7.38. The van der Waals surface area contributed by atoms with Crippen LogP contribution in [0.2, 0.25) is 10.0 Å². The quantitative estimate of drug-likeness (QED) is 0.915. The third kappa shape index (κ3) is 3.85. The van der Waals surface area contributed by atoms with Crippen LogP contribution in [0.25, 0.3) is 0 Å². The standard InChI is InChI=1S/C13H12Cl2N2O2S/c1-7-6-16-13(20-7)17-12(18)8(2)19-11-5-9(14)3-4-10(11)15/h3-6,8H,1-2H3,(H,16,17,18)/t8-/m0/s1. The van der Waals surface area contributed by atoms with Gasteiger partial charge in [-0.3, -0.25) is 10.1 Å². The van der Waals surface area contributed by atoms with Crippen LogP contribution >= 0.6 is 34.5 Å². The molecule has 0 aliphatic rings. The number of amides is 1. The molecule has 2 rings (SSSR count). The minimum Gasteiger partial charge on any atom is -0.479 e. The normalized spacial score (nSPS) is 12.0. The van der Waals surface area contributed by atoms with E-state index in [2.05, 4.69) is 10.3 Å². The fraction of sp³-hybridized carbons (Fsp3) is 0.231. The molecule has 0 aliphatic heterocycles. The van der Waals surface area contributed by atoms with Crippen LogP contribution in [0.15, 0.2) is 24.4 Å². The van der Waals surface area contributed by atoms with E-state index in [1.807, 2.05) is 6.92 Å². The Bertz CT molecular complexity index is 631. The molecule has 1 aromatic heterocycles. The van der Waals surface area contributed by atoms with Crippen molar-refractivity contribution in [2.75, 3.05) is 5.32 Å². The van der Waals surface area contributed by atoms with Crippen molar-refractivity contribution in [2.45, 2.75) is 20.0 Å². The van der Waals surface area contributed by atoms with Gasteiger partial charge in [0.15, 0.2) is 11.2 Å². The Morgan fingerprint density at radius 3 is 2.85 bits per heavy atom. The third-order valence-electron chi connectivity index (χ3n) is 2.42. The second-order valence-corrected chi connectivity index (χ2v) is 6.18. The zero-order valence-electron chi connectivity index (χ0n) is 10.8. The van der Waals surface area contributed by atoms with Gasteiger partial charge >= 0.3 is 0 Å². The summed E-state index contributed by atoms with van der Waals surface area (Å²) in [5.41, 5.74) is 0. The van der Waals surface area contributed by atoms with Crippen LogP contribution in [0, 0.1) is 6.92 Å². The number of aromatic nitrogens is 1. The Kier molecular flexibility index (Phi) is 4.86. The number of halogens is 2. The lowest BCUT2D eigenvalue weighted by Crippen LogP contribution is -2.30. The average molecular weight is 331 g/mol. The number of nitrogens with one attached hydrogen (secondary N) is 1. The Labute approximate surface area is 130 Å². The van der Waals surface area contributed by atoms with E-state index in [4.69, 9.17) is 27.9 Å². The van der Waals surface area contributed by atoms with Crippen molar-refractivity contribution in [3.05, 3.63) is 39.3 Å². The maximum absolute atomic E-state index is 12.0. The maximum atomic E-state index is 12.0. The monoisotopic (exact) mass is 330 g/mol. The number of aryl methyl sites for hydroxylation is 1. The lowest BCUT2D eigenvalue weighted by molar-refractivity contribution is -0.122. The van der Waals surface area contributed by atoms with Crippen LogP contribution in [0.1, 0.15) is 11.8 Å². The zero-order valence-corrected chi connectivity index (χ0v) is 13.1. The summed E-state index contributed by atoms with van der Waals surface area (Å²) in [4.78, 5) is 17.1. The van der Waals surface area contributed by atoms with Crippen LogP contribution in [0.5, 0.6) is 5.75 Å². The molecule has 0 aliphatic carbocycles. The molecule has 0 fully saturated rings. The molecule has 0 saturated heterocycles. The molecule has 0 spiro atoms. The zero-order chi connectivity index (χ0) is 14.7. The highest BCUT2D eigenvalue weighted by atomic mass is 35.5. The number of ether oxygens (including phenoxy) is 1. The van der Waals surface area contributed by atoms with Crippen LogP contribution in [-0.4, -0.2) is 17.0 Å². The summed E-state index contributed by atoms with van der Waals surface area (Å²) in [7, 11) is 0. The van der Waals surface area contributed by atoms with Crippen molar-refractivity contribution in [3.8, 4) is 5.75 Å². The molecule has 0 bridgehead atoms. The Morgan fingerprint density at radius 1 is 1.45 bits per heavy atom. The van der Waals surface area contributed by atoms with E-state index in [1.165, 1.54) is 11.3 Å². The highest BCUT2D eigenvalue weighted by Gasteiger charge is 2.17. The van der Waals surface area contributed by atoms with Crippen molar-refractivity contribution in [2.24, 2.45) is 0 Å². The van der Waals surface area contributed by atoms with Gasteiger partial charge in [-0.25, -0.2) is 4.98 Å². The second-order valence-electron chi connectivity index (χ2n) is 4.10. The smallest absolute Gasteiger partial charge is 0.266 e. The molecule has 2 aromatic rings. The molecular weight excluding hydrogens is 319 g/mol. The van der Waals surface area contributed by atoms with E-state index in [1.54, 1.807) is 31.3 Å². The van der Waals surface area contributed by atoms with E-state index in [0.717, 1.165) is 4.88 Å². The van der Waals surface area contributed by atoms with Gasteiger partial charge in [0.25, 0.3) is 5.91 Å². The molecule has 1 amide bonds. The summed E-state index contributed by atoms with van der Waals surface area (Å²) < 4.78 is 5.52. The van der Waals surface area contributed by atoms with Gasteiger partial charge in [-0.2, -0.15) is 0 Å². The van der Waals surface area contributed by atoms with Gasteiger partial charge in [-0.15, -0.1) is 11.3 Å². The second kappa shape index (κ2) is 6.43. The van der Waals surface area contributed by atoms with Crippen molar-refractivity contribution in [3.63, 3.8) is 0 Å². The molecule has 1 heterocycles. The number of anilines is 1. The predicted octanol–water partition coefficient (Wildman–Crippen LogP) is 4.16. The molecule has 1 N–H and O–H groups in total. The number of rotatable bonds is 4. The first kappa shape index (κ1) is 15.1. The number of hydrogen-bond acceptors (Lipinski definition) is 4. The topological polar surface area (TPSA) is 51.2 Å². The third-order valence-corrected chi connectivity index (χ3v) is 3.79. The summed E-state index contributed by atoms with van der Waals surface area (Å²) in [6, 6.07) is 4.84. The van der Waals surface area contributed by atoms with Gasteiger partial charge in [0.05, 0.1) is 5.02 Å². The summed E-state index contributed by atoms with van der Waals surface area (Å²) in [6.07, 6.45) is 0.981. The first-order valence-electron chi connectivity index (χ1n) is 5.80. The molecule has 1 atom stereocenters. The maximum Gasteiger partial charge on any atom is 0.266 e. The summed E-state index contributed by atoms with van der Waals surface area (Å²) in [5, 5.41) is 4.12. The molecule has 106 valence electrons. The molecule has 0 unspecified atom stereocenters. The lowest BCUT2D eigenvalue weighted by atomic mass is 10.3. The van der Waals surface area contributed by atoms with Gasteiger partial charge in [-0.1, -0.05) is 23.2 Å². The van der Waals surface area contributed by atoms with Crippen LogP contribution in [0.4, 0.5) is 5.13 Å². The van der Waals surface area contributed by atoms with Crippen LogP contribution < -0.4 is 10.1 Å². The van der Waals surface area contributed by atoms with Crippen LogP contribution in [-0.2, 0) is 4.79 Å². The highest BCUT2D eigenvalue weighted by Crippen LogP contribution is 2.28. The van der Waals surface area contributed by atoms with E-state index < -0.39 is 6.10 Å². The van der Waals surface area contributed by atoms with Gasteiger partial charge < -0.3 is 4.74 Å². The number of carbonyl (C=O) groups is 1. The summed E-state index contributed by atoms with van der Waals surface area (Å²) >= 11 is 13.2. The first-order chi connectivity index (χ1) is 9.45. The van der Waals surface area contributed by atoms with Crippen LogP contribution in [0.3, 0.4) is 0 Å². The fourth-order valence-electron chi connectivity index (χ4n) is 1.43. The largest absolute Gasteiger partial charge is 0.479 e. The van der Waals surface area contributed by atoms with Crippen molar-refractivity contribution >= 4 is 45.6 Å². The van der Waals surface area contributed by atoms with Gasteiger partial charge in [0, 0.05) is 22.2 Å². The van der Waals surface area contributed by atoms with E-state index in [-0.39, 0.29) is 5.91 Å². The summed E-state index contributed by atoms with van der Waals surface area (Å²) in [6.45, 7) is 3.55. The fourth-order valence-corrected chi connectivity index (χ4v) is 2.42.